The highest BCUT2D eigenvalue weighted by atomic mass is 35.5. The van der Waals surface area contributed by atoms with Crippen molar-refractivity contribution in [2.24, 2.45) is 0 Å². The lowest BCUT2D eigenvalue weighted by molar-refractivity contribution is 0.102. The Morgan fingerprint density at radius 2 is 1.92 bits per heavy atom. The van der Waals surface area contributed by atoms with Crippen molar-refractivity contribution >= 4 is 34.8 Å². The Kier molecular flexibility index (Phi) is 4.27. The van der Waals surface area contributed by atoms with Crippen LogP contribution in [0, 0.1) is 0 Å². The van der Waals surface area contributed by atoms with Gasteiger partial charge >= 0.3 is 0 Å². The van der Waals surface area contributed by atoms with Crippen molar-refractivity contribution in [2.45, 2.75) is 25.7 Å². The molecule has 7 heteroatoms. The van der Waals surface area contributed by atoms with Crippen molar-refractivity contribution in [3.05, 3.63) is 57.4 Å². The molecule has 0 spiro atoms. The largest absolute Gasteiger partial charge is 0.443 e. The Morgan fingerprint density at radius 1 is 1.12 bits per heavy atom. The number of amides is 1. The van der Waals surface area contributed by atoms with Gasteiger partial charge in [-0.05, 0) is 72.7 Å². The van der Waals surface area contributed by atoms with E-state index in [4.69, 9.17) is 27.6 Å². The van der Waals surface area contributed by atoms with Gasteiger partial charge in [-0.25, -0.2) is 0 Å². The van der Waals surface area contributed by atoms with Crippen LogP contribution in [0.1, 0.15) is 34.5 Å². The highest BCUT2D eigenvalue weighted by molar-refractivity contribution is 6.36. The van der Waals surface area contributed by atoms with E-state index >= 15 is 0 Å². The Labute approximate surface area is 154 Å². The fourth-order valence-corrected chi connectivity index (χ4v) is 3.50. The molecule has 128 valence electrons. The lowest BCUT2D eigenvalue weighted by atomic mass is 9.91. The molecule has 0 fully saturated rings. The van der Waals surface area contributed by atoms with Gasteiger partial charge in [-0.3, -0.25) is 9.89 Å². The molecule has 0 aliphatic heterocycles. The number of nitrogens with zero attached hydrogens (tertiary/aromatic N) is 1. The van der Waals surface area contributed by atoms with Crippen molar-refractivity contribution < 1.29 is 9.21 Å². The standard InChI is InChI=1S/C18H15Cl2N3O2/c19-14-8-7-13(25-14)16-15(20)17(23-22-16)18(24)21-12-6-5-10-3-1-2-4-11(10)9-12/h5-9H,1-4H2,(H,21,24)(H,22,23). The van der Waals surface area contributed by atoms with E-state index in [0.717, 1.165) is 18.5 Å². The molecule has 0 saturated heterocycles. The molecule has 1 amide bonds. The maximum atomic E-state index is 12.5. The third-order valence-electron chi connectivity index (χ3n) is 4.35. The summed E-state index contributed by atoms with van der Waals surface area (Å²) in [6.45, 7) is 0. The summed E-state index contributed by atoms with van der Waals surface area (Å²) in [4.78, 5) is 12.5. The summed E-state index contributed by atoms with van der Waals surface area (Å²) < 4.78 is 5.30. The molecule has 2 aromatic heterocycles. The van der Waals surface area contributed by atoms with Crippen LogP contribution in [0.3, 0.4) is 0 Å². The van der Waals surface area contributed by atoms with Crippen LogP contribution in [0.2, 0.25) is 10.2 Å². The minimum atomic E-state index is -0.374. The number of furan rings is 1. The zero-order chi connectivity index (χ0) is 17.4. The van der Waals surface area contributed by atoms with Crippen LogP contribution >= 0.6 is 23.2 Å². The number of aromatic amines is 1. The van der Waals surface area contributed by atoms with Gasteiger partial charge in [-0.15, -0.1) is 0 Å². The van der Waals surface area contributed by atoms with Gasteiger partial charge in [0.1, 0.15) is 10.7 Å². The lowest BCUT2D eigenvalue weighted by Crippen LogP contribution is -2.14. The molecule has 2 heterocycles. The van der Waals surface area contributed by atoms with Crippen molar-refractivity contribution in [3.63, 3.8) is 0 Å². The van der Waals surface area contributed by atoms with E-state index < -0.39 is 0 Å². The van der Waals surface area contributed by atoms with Crippen LogP contribution in [0.15, 0.2) is 34.7 Å². The van der Waals surface area contributed by atoms with Crippen LogP contribution in [0.5, 0.6) is 0 Å². The van der Waals surface area contributed by atoms with E-state index in [-0.39, 0.29) is 21.8 Å². The highest BCUT2D eigenvalue weighted by Crippen LogP contribution is 2.31. The second-order valence-electron chi connectivity index (χ2n) is 6.01. The number of halogens is 2. The molecule has 0 atom stereocenters. The molecular formula is C18H15Cl2N3O2. The van der Waals surface area contributed by atoms with Crippen molar-refractivity contribution in [1.82, 2.24) is 10.2 Å². The van der Waals surface area contributed by atoms with E-state index in [2.05, 4.69) is 21.6 Å². The van der Waals surface area contributed by atoms with Crippen molar-refractivity contribution in [2.75, 3.05) is 5.32 Å². The van der Waals surface area contributed by atoms with Gasteiger partial charge in [0.25, 0.3) is 5.91 Å². The molecule has 0 bridgehead atoms. The number of carbonyl (C=O) groups is 1. The van der Waals surface area contributed by atoms with Crippen LogP contribution in [-0.2, 0) is 12.8 Å². The average molecular weight is 376 g/mol. The molecule has 0 radical (unpaired) electrons. The van der Waals surface area contributed by atoms with Gasteiger partial charge in [0.15, 0.2) is 16.7 Å². The normalized spacial score (nSPS) is 13.5. The summed E-state index contributed by atoms with van der Waals surface area (Å²) in [5.74, 6) is 0.0521. The third kappa shape index (κ3) is 3.17. The van der Waals surface area contributed by atoms with Crippen LogP contribution in [0.25, 0.3) is 11.5 Å². The van der Waals surface area contributed by atoms with Gasteiger partial charge in [0.05, 0.1) is 0 Å². The van der Waals surface area contributed by atoms with E-state index in [1.807, 2.05) is 12.1 Å². The van der Waals surface area contributed by atoms with Crippen LogP contribution < -0.4 is 5.32 Å². The summed E-state index contributed by atoms with van der Waals surface area (Å²) in [6, 6.07) is 9.27. The van der Waals surface area contributed by atoms with Crippen LogP contribution in [0.4, 0.5) is 5.69 Å². The SMILES string of the molecule is O=C(Nc1ccc2c(c1)CCCC2)c1n[nH]c(-c2ccc(Cl)o2)c1Cl. The minimum Gasteiger partial charge on any atom is -0.443 e. The summed E-state index contributed by atoms with van der Waals surface area (Å²) in [7, 11) is 0. The maximum Gasteiger partial charge on any atom is 0.277 e. The van der Waals surface area contributed by atoms with E-state index in [1.54, 1.807) is 12.1 Å². The fraction of sp³-hybridized carbons (Fsp3) is 0.222. The molecule has 0 saturated carbocycles. The number of hydrogen-bond acceptors (Lipinski definition) is 3. The molecule has 1 aliphatic carbocycles. The summed E-state index contributed by atoms with van der Waals surface area (Å²) >= 11 is 12.1. The first-order valence-electron chi connectivity index (χ1n) is 8.04. The second-order valence-corrected chi connectivity index (χ2v) is 6.76. The molecule has 2 N–H and O–H groups in total. The first-order valence-corrected chi connectivity index (χ1v) is 8.80. The summed E-state index contributed by atoms with van der Waals surface area (Å²) in [5.41, 5.74) is 3.93. The van der Waals surface area contributed by atoms with E-state index in [9.17, 15) is 4.79 Å². The second kappa shape index (κ2) is 6.58. The number of aromatic nitrogens is 2. The maximum absolute atomic E-state index is 12.5. The lowest BCUT2D eigenvalue weighted by Gasteiger charge is -2.16. The number of fused-ring (bicyclic) bond motifs is 1. The number of carbonyl (C=O) groups excluding carboxylic acids is 1. The average Bonchev–Trinajstić information content (AvgIpc) is 3.20. The van der Waals surface area contributed by atoms with Crippen molar-refractivity contribution in [3.8, 4) is 11.5 Å². The number of aryl methyl sites for hydroxylation is 2. The number of rotatable bonds is 3. The number of nitrogens with one attached hydrogen (secondary N) is 2. The number of hydrogen-bond donors (Lipinski definition) is 2. The zero-order valence-corrected chi connectivity index (χ0v) is 14.7. The predicted molar refractivity (Wildman–Crippen MR) is 97.3 cm³/mol. The van der Waals surface area contributed by atoms with Gasteiger partial charge in [0.2, 0.25) is 0 Å². The Balaban J connectivity index is 1.56. The number of H-pyrrole nitrogens is 1. The van der Waals surface area contributed by atoms with Gasteiger partial charge in [-0.1, -0.05) is 17.7 Å². The fourth-order valence-electron chi connectivity index (χ4n) is 3.09. The van der Waals surface area contributed by atoms with Crippen LogP contribution in [-0.4, -0.2) is 16.1 Å². The predicted octanol–water partition coefficient (Wildman–Crippen LogP) is 5.11. The molecule has 25 heavy (non-hydrogen) atoms. The number of benzene rings is 1. The smallest absolute Gasteiger partial charge is 0.277 e. The third-order valence-corrected chi connectivity index (χ3v) is 4.92. The molecule has 3 aromatic rings. The topological polar surface area (TPSA) is 70.9 Å². The van der Waals surface area contributed by atoms with E-state index in [1.165, 1.54) is 24.0 Å². The Morgan fingerprint density at radius 3 is 2.68 bits per heavy atom. The summed E-state index contributed by atoms with van der Waals surface area (Å²) in [5, 5.41) is 10.0. The molecule has 4 rings (SSSR count). The monoisotopic (exact) mass is 375 g/mol. The zero-order valence-electron chi connectivity index (χ0n) is 13.2. The van der Waals surface area contributed by atoms with Gasteiger partial charge in [0, 0.05) is 5.69 Å². The Hall–Kier alpha value is -2.24. The first kappa shape index (κ1) is 16.2. The molecular weight excluding hydrogens is 361 g/mol. The Bertz CT molecular complexity index is 946. The number of anilines is 1. The quantitative estimate of drug-likeness (QED) is 0.668. The highest BCUT2D eigenvalue weighted by Gasteiger charge is 2.21. The molecule has 0 unspecified atom stereocenters. The summed E-state index contributed by atoms with van der Waals surface area (Å²) in [6.07, 6.45) is 4.56. The minimum absolute atomic E-state index is 0.113. The van der Waals surface area contributed by atoms with Gasteiger partial charge < -0.3 is 9.73 Å². The molecule has 5 nitrogen and oxygen atoms in total. The van der Waals surface area contributed by atoms with Gasteiger partial charge in [-0.2, -0.15) is 5.10 Å². The molecule has 1 aromatic carbocycles. The molecule has 1 aliphatic rings. The van der Waals surface area contributed by atoms with E-state index in [0.29, 0.717) is 11.5 Å². The first-order chi connectivity index (χ1) is 12.1. The van der Waals surface area contributed by atoms with Crippen molar-refractivity contribution in [1.29, 1.82) is 0 Å².